The molecule has 0 fully saturated rings. The molecule has 0 atom stereocenters. The minimum Gasteiger partial charge on any atom is -0.437 e. The van der Waals surface area contributed by atoms with Crippen LogP contribution in [0.25, 0.3) is 0 Å². The van der Waals surface area contributed by atoms with Crippen LogP contribution in [0.3, 0.4) is 0 Å². The second-order valence-corrected chi connectivity index (χ2v) is 7.87. The van der Waals surface area contributed by atoms with Crippen molar-refractivity contribution in [2.75, 3.05) is 7.11 Å². The molecule has 13 heteroatoms. The lowest BCUT2D eigenvalue weighted by Gasteiger charge is -2.06. The molecule has 0 saturated heterocycles. The molecule has 0 radical (unpaired) electrons. The maximum atomic E-state index is 12.4. The van der Waals surface area contributed by atoms with Crippen LogP contribution in [0, 0.1) is 6.92 Å². The van der Waals surface area contributed by atoms with Crippen LogP contribution in [-0.4, -0.2) is 37.7 Å². The van der Waals surface area contributed by atoms with Crippen LogP contribution in [0.2, 0.25) is 0 Å². The highest BCUT2D eigenvalue weighted by atomic mass is 32.2. The number of alkyl halides is 3. The smallest absolute Gasteiger partial charge is 0.437 e. The summed E-state index contributed by atoms with van der Waals surface area (Å²) in [5.41, 5.74) is -4.72. The van der Waals surface area contributed by atoms with E-state index in [0.29, 0.717) is 16.4 Å². The molecule has 0 unspecified atom stereocenters. The van der Waals surface area contributed by atoms with Crippen LogP contribution in [0.15, 0.2) is 60.0 Å². The third-order valence-electron chi connectivity index (χ3n) is 3.18. The Morgan fingerprint density at radius 3 is 1.94 bits per heavy atom. The van der Waals surface area contributed by atoms with Crippen LogP contribution >= 0.6 is 11.3 Å². The lowest BCUT2D eigenvalue weighted by molar-refractivity contribution is -0.0510. The topological polar surface area (TPSA) is 116 Å². The van der Waals surface area contributed by atoms with Crippen LogP contribution in [0.5, 0.6) is 11.5 Å². The van der Waals surface area contributed by atoms with Gasteiger partial charge in [0.1, 0.15) is 16.4 Å². The number of hydrogen-bond donors (Lipinski definition) is 1. The zero-order chi connectivity index (χ0) is 24.4. The minimum absolute atomic E-state index is 0.297. The Balaban J connectivity index is 0.000000547. The number of ether oxygens (including phenoxy) is 3. The van der Waals surface area contributed by atoms with E-state index in [0.717, 1.165) is 5.56 Å². The average Bonchev–Trinajstić information content (AvgIpc) is 2.80. The quantitative estimate of drug-likeness (QED) is 0.210. The van der Waals surface area contributed by atoms with Gasteiger partial charge >= 0.3 is 27.8 Å². The molecule has 0 spiro atoms. The molecule has 1 aromatic carbocycles. The maximum Gasteiger partial charge on any atom is 0.522 e. The molecule has 1 heterocycles. The molecular formula is C19H17F3O8S2. The van der Waals surface area contributed by atoms with Gasteiger partial charge in [-0.1, -0.05) is 30.3 Å². The molecular weight excluding hydrogens is 477 g/mol. The first-order valence-electron chi connectivity index (χ1n) is 8.34. The van der Waals surface area contributed by atoms with Gasteiger partial charge in [-0.3, -0.25) is 4.55 Å². The monoisotopic (exact) mass is 494 g/mol. The van der Waals surface area contributed by atoms with Crippen LogP contribution < -0.4 is 9.47 Å². The van der Waals surface area contributed by atoms with Crippen molar-refractivity contribution in [3.8, 4) is 11.5 Å². The van der Waals surface area contributed by atoms with Crippen molar-refractivity contribution in [3.63, 3.8) is 0 Å². The van der Waals surface area contributed by atoms with Crippen LogP contribution in [0.1, 0.15) is 15.2 Å². The zero-order valence-electron chi connectivity index (χ0n) is 16.5. The molecule has 2 rings (SSSR count). The lowest BCUT2D eigenvalue weighted by Crippen LogP contribution is -2.21. The van der Waals surface area contributed by atoms with Gasteiger partial charge in [-0.05, 0) is 42.1 Å². The molecule has 174 valence electrons. The highest BCUT2D eigenvalue weighted by Crippen LogP contribution is 2.21. The molecule has 32 heavy (non-hydrogen) atoms. The number of esters is 1. The van der Waals surface area contributed by atoms with Crippen LogP contribution in [0.4, 0.5) is 18.0 Å². The molecule has 0 aliphatic rings. The molecule has 2 aromatic rings. The summed E-state index contributed by atoms with van der Waals surface area (Å²) >= 11 is 1.30. The van der Waals surface area contributed by atoms with Gasteiger partial charge in [0.25, 0.3) is 0 Å². The van der Waals surface area contributed by atoms with Gasteiger partial charge < -0.3 is 14.2 Å². The van der Waals surface area contributed by atoms with E-state index >= 15 is 0 Å². The van der Waals surface area contributed by atoms with Gasteiger partial charge in [0.15, 0.2) is 0 Å². The molecule has 1 N–H and O–H groups in total. The summed E-state index contributed by atoms with van der Waals surface area (Å²) in [6.07, 6.45) is -0.810. The molecule has 0 bridgehead atoms. The predicted molar refractivity (Wildman–Crippen MR) is 109 cm³/mol. The molecule has 8 nitrogen and oxygen atoms in total. The Hall–Kier alpha value is -3.16. The largest absolute Gasteiger partial charge is 0.522 e. The van der Waals surface area contributed by atoms with Crippen molar-refractivity contribution >= 4 is 33.6 Å². The van der Waals surface area contributed by atoms with Gasteiger partial charge in [0.05, 0.1) is 7.11 Å². The molecule has 1 aromatic heterocycles. The number of carbonyl (C=O) groups is 2. The van der Waals surface area contributed by atoms with Crippen molar-refractivity contribution in [3.05, 3.63) is 70.4 Å². The Morgan fingerprint density at radius 2 is 1.44 bits per heavy atom. The van der Waals surface area contributed by atoms with Crippen molar-refractivity contribution in [1.29, 1.82) is 0 Å². The zero-order valence-corrected chi connectivity index (χ0v) is 18.2. The first-order chi connectivity index (χ1) is 14.8. The average molecular weight is 494 g/mol. The lowest BCUT2D eigenvalue weighted by atomic mass is 10.2. The SMILES string of the molecule is COC(=O)Oc1ccc(OC(=O)c2sccccccc2C)cc1.O=S(=O)(O)C(F)(F)F. The predicted octanol–water partition coefficient (Wildman–Crippen LogP) is 4.94. The van der Waals surface area contributed by atoms with E-state index in [1.165, 1.54) is 30.6 Å². The van der Waals surface area contributed by atoms with E-state index < -0.39 is 27.8 Å². The highest BCUT2D eigenvalue weighted by molar-refractivity contribution is 7.86. The van der Waals surface area contributed by atoms with Crippen molar-refractivity contribution in [1.82, 2.24) is 0 Å². The summed E-state index contributed by atoms with van der Waals surface area (Å²) in [6.45, 7) is 1.85. The molecule has 0 amide bonds. The van der Waals surface area contributed by atoms with E-state index in [4.69, 9.17) is 22.4 Å². The van der Waals surface area contributed by atoms with E-state index in [1.54, 1.807) is 12.1 Å². The summed E-state index contributed by atoms with van der Waals surface area (Å²) in [7, 11) is -4.62. The molecule has 0 aliphatic heterocycles. The minimum atomic E-state index is -5.84. The van der Waals surface area contributed by atoms with Gasteiger partial charge in [0.2, 0.25) is 0 Å². The number of carbonyl (C=O) groups excluding carboxylic acids is 2. The van der Waals surface area contributed by atoms with E-state index in [9.17, 15) is 22.8 Å². The standard InChI is InChI=1S/C18H16O5S.CHF3O3S/c1-13-7-5-3-4-6-12-24-16(13)17(19)22-14-8-10-15(11-9-14)23-18(20)21-2;2-1(3,4)8(5,6)7/h3-12H,1-2H3;(H,5,6,7). The normalized spacial score (nSPS) is 10.7. The Bertz CT molecular complexity index is 1080. The number of aryl methyl sites for hydroxylation is 1. The number of halogens is 3. The first kappa shape index (κ1) is 26.9. The second-order valence-electron chi connectivity index (χ2n) is 5.54. The van der Waals surface area contributed by atoms with Crippen molar-refractivity contribution in [2.24, 2.45) is 0 Å². The summed E-state index contributed by atoms with van der Waals surface area (Å²) in [5.74, 6) is 0.199. The first-order valence-corrected chi connectivity index (χ1v) is 10.7. The fourth-order valence-corrected chi connectivity index (χ4v) is 2.42. The number of hydrogen-bond acceptors (Lipinski definition) is 8. The van der Waals surface area contributed by atoms with Gasteiger partial charge in [0, 0.05) is 0 Å². The third-order valence-corrected chi connectivity index (χ3v) is 4.78. The van der Waals surface area contributed by atoms with E-state index in [2.05, 4.69) is 4.74 Å². The Kier molecular flexibility index (Phi) is 10.1. The van der Waals surface area contributed by atoms with Gasteiger partial charge in [-0.2, -0.15) is 21.6 Å². The Morgan fingerprint density at radius 1 is 0.938 bits per heavy atom. The van der Waals surface area contributed by atoms with Gasteiger partial charge in [-0.25, -0.2) is 9.59 Å². The van der Waals surface area contributed by atoms with E-state index in [-0.39, 0.29) is 0 Å². The maximum absolute atomic E-state index is 12.4. The van der Waals surface area contributed by atoms with Gasteiger partial charge in [-0.15, -0.1) is 11.3 Å². The summed E-state index contributed by atoms with van der Waals surface area (Å²) in [6, 6.07) is 15.4. The highest BCUT2D eigenvalue weighted by Gasteiger charge is 2.44. The number of rotatable bonds is 3. The third kappa shape index (κ3) is 9.32. The molecule has 0 aliphatic carbocycles. The van der Waals surface area contributed by atoms with Crippen LogP contribution in [-0.2, 0) is 14.9 Å². The Labute approximate surface area is 185 Å². The van der Waals surface area contributed by atoms with Crippen molar-refractivity contribution < 1.29 is 49.9 Å². The fourth-order valence-electron chi connectivity index (χ4n) is 1.73. The number of methoxy groups -OCH3 is 1. The van der Waals surface area contributed by atoms with Crippen molar-refractivity contribution in [2.45, 2.75) is 12.4 Å². The summed E-state index contributed by atoms with van der Waals surface area (Å²) in [5, 5.41) is 1.82. The summed E-state index contributed by atoms with van der Waals surface area (Å²) in [4.78, 5) is 23.9. The molecule has 0 saturated carbocycles. The number of benzene rings is 1. The van der Waals surface area contributed by atoms with E-state index in [1.807, 2.05) is 42.6 Å². The fraction of sp³-hybridized carbons (Fsp3) is 0.158. The second kappa shape index (κ2) is 12.0. The summed E-state index contributed by atoms with van der Waals surface area (Å²) < 4.78 is 72.2.